The molecule has 19 heavy (non-hydrogen) atoms. The first kappa shape index (κ1) is 12.1. The number of fused-ring (bicyclic) bond motifs is 1. The standard InChI is InChI=1S/C15H17N3O/c1-10-9-14(11-5-2-3-6-12(11)17-10)18-15(19)13-7-4-8-16-13/h2-3,5-6,9,13,16H,4,7-8H2,1H3,(H,17,18,19)/t13-/m0/s1. The molecular weight excluding hydrogens is 238 g/mol. The minimum absolute atomic E-state index is 0.0493. The molecule has 0 spiro atoms. The van der Waals surface area contributed by atoms with E-state index >= 15 is 0 Å². The molecule has 2 heterocycles. The van der Waals surface area contributed by atoms with E-state index in [-0.39, 0.29) is 11.9 Å². The summed E-state index contributed by atoms with van der Waals surface area (Å²) >= 11 is 0. The normalized spacial score (nSPS) is 18.7. The molecule has 4 nitrogen and oxygen atoms in total. The molecule has 2 aromatic rings. The predicted octanol–water partition coefficient (Wildman–Crippen LogP) is 2.23. The number of hydrogen-bond acceptors (Lipinski definition) is 3. The third-order valence-electron chi connectivity index (χ3n) is 3.48. The van der Waals surface area contributed by atoms with E-state index in [1.807, 2.05) is 37.3 Å². The highest BCUT2D eigenvalue weighted by Gasteiger charge is 2.22. The Morgan fingerprint density at radius 1 is 1.42 bits per heavy atom. The molecule has 0 bridgehead atoms. The second-order valence-corrected chi connectivity index (χ2v) is 4.97. The van der Waals surface area contributed by atoms with Gasteiger partial charge in [0.1, 0.15) is 0 Å². The molecule has 2 N–H and O–H groups in total. The molecule has 3 rings (SSSR count). The van der Waals surface area contributed by atoms with Crippen LogP contribution in [0, 0.1) is 6.92 Å². The summed E-state index contributed by atoms with van der Waals surface area (Å²) in [5, 5.41) is 7.22. The molecule has 4 heteroatoms. The molecule has 98 valence electrons. The number of anilines is 1. The maximum atomic E-state index is 12.2. The van der Waals surface area contributed by atoms with Crippen molar-refractivity contribution < 1.29 is 4.79 Å². The minimum Gasteiger partial charge on any atom is -0.324 e. The van der Waals surface area contributed by atoms with Gasteiger partial charge in [0.05, 0.1) is 17.2 Å². The molecule has 1 amide bonds. The lowest BCUT2D eigenvalue weighted by Gasteiger charge is -2.13. The number of para-hydroxylation sites is 1. The molecule has 1 aromatic carbocycles. The van der Waals surface area contributed by atoms with E-state index in [2.05, 4.69) is 15.6 Å². The summed E-state index contributed by atoms with van der Waals surface area (Å²) in [7, 11) is 0. The first-order valence-corrected chi connectivity index (χ1v) is 6.65. The molecule has 0 radical (unpaired) electrons. The summed E-state index contributed by atoms with van der Waals surface area (Å²) in [6.45, 7) is 2.87. The molecular formula is C15H17N3O. The Morgan fingerprint density at radius 3 is 3.05 bits per heavy atom. The van der Waals surface area contributed by atoms with Crippen LogP contribution >= 0.6 is 0 Å². The summed E-state index contributed by atoms with van der Waals surface area (Å²) in [5.41, 5.74) is 2.67. The van der Waals surface area contributed by atoms with Crippen LogP contribution in [0.1, 0.15) is 18.5 Å². The highest BCUT2D eigenvalue weighted by Crippen LogP contribution is 2.23. The zero-order valence-electron chi connectivity index (χ0n) is 10.9. The number of pyridine rings is 1. The number of aromatic nitrogens is 1. The summed E-state index contributed by atoms with van der Waals surface area (Å²) in [6, 6.07) is 9.73. The maximum absolute atomic E-state index is 12.2. The van der Waals surface area contributed by atoms with Crippen molar-refractivity contribution in [3.05, 3.63) is 36.0 Å². The van der Waals surface area contributed by atoms with Gasteiger partial charge in [-0.25, -0.2) is 0 Å². The van der Waals surface area contributed by atoms with Crippen LogP contribution in [0.25, 0.3) is 10.9 Å². The lowest BCUT2D eigenvalue weighted by Crippen LogP contribution is -2.35. The zero-order valence-corrected chi connectivity index (χ0v) is 10.9. The molecule has 1 fully saturated rings. The first-order valence-electron chi connectivity index (χ1n) is 6.65. The van der Waals surface area contributed by atoms with Gasteiger partial charge in [-0.1, -0.05) is 18.2 Å². The predicted molar refractivity (Wildman–Crippen MR) is 76.1 cm³/mol. The lowest BCUT2D eigenvalue weighted by atomic mass is 10.1. The van der Waals surface area contributed by atoms with E-state index in [0.29, 0.717) is 0 Å². The average Bonchev–Trinajstić information content (AvgIpc) is 2.92. The number of benzene rings is 1. The molecule has 0 unspecified atom stereocenters. The van der Waals surface area contributed by atoms with E-state index < -0.39 is 0 Å². The fourth-order valence-corrected chi connectivity index (χ4v) is 2.54. The van der Waals surface area contributed by atoms with E-state index in [1.54, 1.807) is 0 Å². The molecule has 1 aliphatic rings. The van der Waals surface area contributed by atoms with Crippen LogP contribution < -0.4 is 10.6 Å². The van der Waals surface area contributed by atoms with Crippen molar-refractivity contribution in [2.75, 3.05) is 11.9 Å². The monoisotopic (exact) mass is 255 g/mol. The van der Waals surface area contributed by atoms with Crippen molar-refractivity contribution in [2.45, 2.75) is 25.8 Å². The highest BCUT2D eigenvalue weighted by atomic mass is 16.2. The average molecular weight is 255 g/mol. The van der Waals surface area contributed by atoms with Crippen LogP contribution in [0.15, 0.2) is 30.3 Å². The maximum Gasteiger partial charge on any atom is 0.241 e. The van der Waals surface area contributed by atoms with Crippen molar-refractivity contribution in [3.63, 3.8) is 0 Å². The van der Waals surface area contributed by atoms with Gasteiger partial charge >= 0.3 is 0 Å². The third kappa shape index (κ3) is 2.44. The largest absolute Gasteiger partial charge is 0.324 e. The SMILES string of the molecule is Cc1cc(NC(=O)[C@@H]2CCCN2)c2ccccc2n1. The second kappa shape index (κ2) is 4.97. The fourth-order valence-electron chi connectivity index (χ4n) is 2.54. The number of rotatable bonds is 2. The van der Waals surface area contributed by atoms with E-state index in [4.69, 9.17) is 0 Å². The molecule has 1 aromatic heterocycles. The van der Waals surface area contributed by atoms with Crippen LogP contribution in [0.4, 0.5) is 5.69 Å². The third-order valence-corrected chi connectivity index (χ3v) is 3.48. The van der Waals surface area contributed by atoms with Gasteiger partial charge in [-0.15, -0.1) is 0 Å². The van der Waals surface area contributed by atoms with E-state index in [9.17, 15) is 4.79 Å². The smallest absolute Gasteiger partial charge is 0.241 e. The number of amides is 1. The topological polar surface area (TPSA) is 54.0 Å². The van der Waals surface area contributed by atoms with Crippen molar-refractivity contribution in [1.29, 1.82) is 0 Å². The summed E-state index contributed by atoms with van der Waals surface area (Å²) in [4.78, 5) is 16.6. The van der Waals surface area contributed by atoms with Crippen LogP contribution in [0.2, 0.25) is 0 Å². The summed E-state index contributed by atoms with van der Waals surface area (Å²) in [6.07, 6.45) is 1.97. The van der Waals surface area contributed by atoms with Gasteiger partial charge in [0.2, 0.25) is 5.91 Å². The van der Waals surface area contributed by atoms with Crippen molar-refractivity contribution >= 4 is 22.5 Å². The van der Waals surface area contributed by atoms with Gasteiger partial charge in [0.15, 0.2) is 0 Å². The van der Waals surface area contributed by atoms with Gasteiger partial charge in [-0.05, 0) is 38.4 Å². The molecule has 0 aliphatic carbocycles. The number of nitrogens with zero attached hydrogens (tertiary/aromatic N) is 1. The molecule has 0 saturated carbocycles. The van der Waals surface area contributed by atoms with Gasteiger partial charge in [0, 0.05) is 11.1 Å². The van der Waals surface area contributed by atoms with Crippen molar-refractivity contribution in [2.24, 2.45) is 0 Å². The molecule has 1 atom stereocenters. The van der Waals surface area contributed by atoms with Gasteiger partial charge in [-0.3, -0.25) is 9.78 Å². The Labute approximate surface area is 112 Å². The Hall–Kier alpha value is -1.94. The second-order valence-electron chi connectivity index (χ2n) is 4.97. The van der Waals surface area contributed by atoms with Crippen LogP contribution in [0.5, 0.6) is 0 Å². The molecule has 1 saturated heterocycles. The number of hydrogen-bond donors (Lipinski definition) is 2. The Balaban J connectivity index is 1.93. The Kier molecular flexibility index (Phi) is 3.17. The lowest BCUT2D eigenvalue weighted by molar-refractivity contribution is -0.117. The summed E-state index contributed by atoms with van der Waals surface area (Å²) < 4.78 is 0. The number of carbonyl (C=O) groups excluding carboxylic acids is 1. The zero-order chi connectivity index (χ0) is 13.2. The number of carbonyl (C=O) groups is 1. The van der Waals surface area contributed by atoms with E-state index in [0.717, 1.165) is 41.7 Å². The van der Waals surface area contributed by atoms with Crippen LogP contribution in [0.3, 0.4) is 0 Å². The Morgan fingerprint density at radius 2 is 2.26 bits per heavy atom. The van der Waals surface area contributed by atoms with Gasteiger partial charge in [0.25, 0.3) is 0 Å². The van der Waals surface area contributed by atoms with E-state index in [1.165, 1.54) is 0 Å². The van der Waals surface area contributed by atoms with Crippen LogP contribution in [-0.4, -0.2) is 23.5 Å². The quantitative estimate of drug-likeness (QED) is 0.865. The highest BCUT2D eigenvalue weighted by molar-refractivity contribution is 6.03. The molecule has 1 aliphatic heterocycles. The minimum atomic E-state index is -0.0627. The summed E-state index contributed by atoms with van der Waals surface area (Å²) in [5.74, 6) is 0.0493. The number of aryl methyl sites for hydroxylation is 1. The first-order chi connectivity index (χ1) is 9.24. The fraction of sp³-hybridized carbons (Fsp3) is 0.333. The van der Waals surface area contributed by atoms with Gasteiger partial charge in [-0.2, -0.15) is 0 Å². The van der Waals surface area contributed by atoms with Crippen molar-refractivity contribution in [3.8, 4) is 0 Å². The van der Waals surface area contributed by atoms with Crippen molar-refractivity contribution in [1.82, 2.24) is 10.3 Å². The van der Waals surface area contributed by atoms with Crippen LogP contribution in [-0.2, 0) is 4.79 Å². The van der Waals surface area contributed by atoms with Gasteiger partial charge < -0.3 is 10.6 Å². The Bertz CT molecular complexity index is 618. The number of nitrogens with one attached hydrogen (secondary N) is 2.